The molecule has 0 amide bonds. The van der Waals surface area contributed by atoms with Crippen molar-refractivity contribution < 1.29 is 9.53 Å². The summed E-state index contributed by atoms with van der Waals surface area (Å²) in [5.74, 6) is -0.133. The van der Waals surface area contributed by atoms with Gasteiger partial charge >= 0.3 is 5.97 Å². The lowest BCUT2D eigenvalue weighted by molar-refractivity contribution is -0.140. The van der Waals surface area contributed by atoms with Gasteiger partial charge in [-0.15, -0.1) is 0 Å². The maximum Gasteiger partial charge on any atom is 0.305 e. The van der Waals surface area contributed by atoms with Gasteiger partial charge in [0, 0.05) is 6.42 Å². The van der Waals surface area contributed by atoms with Crippen LogP contribution in [0.15, 0.2) is 12.1 Å². The zero-order valence-electron chi connectivity index (χ0n) is 12.5. The highest BCUT2D eigenvalue weighted by atomic mass is 16.5. The van der Waals surface area contributed by atoms with Crippen molar-refractivity contribution in [3.63, 3.8) is 0 Å². The smallest absolute Gasteiger partial charge is 0.305 e. The molecule has 19 heavy (non-hydrogen) atoms. The Morgan fingerprint density at radius 3 is 2.58 bits per heavy atom. The molecule has 0 unspecified atom stereocenters. The number of aryl methyl sites for hydroxylation is 1. The zero-order chi connectivity index (χ0) is 14.3. The normalized spacial score (nSPS) is 10.5. The van der Waals surface area contributed by atoms with E-state index in [0.29, 0.717) is 6.42 Å². The molecule has 1 rings (SSSR count). The number of ether oxygens (including phenoxy) is 1. The lowest BCUT2D eigenvalue weighted by Gasteiger charge is -2.11. The molecule has 1 aromatic carbocycles. The number of benzene rings is 1. The summed E-state index contributed by atoms with van der Waals surface area (Å²) >= 11 is 0. The molecule has 3 nitrogen and oxygen atoms in total. The summed E-state index contributed by atoms with van der Waals surface area (Å²) in [5, 5.41) is 3.37. The first-order chi connectivity index (χ1) is 9.06. The first-order valence-electron chi connectivity index (χ1n) is 6.89. The van der Waals surface area contributed by atoms with Gasteiger partial charge in [-0.05, 0) is 69.0 Å². The molecule has 0 bridgehead atoms. The predicted molar refractivity (Wildman–Crippen MR) is 78.5 cm³/mol. The van der Waals surface area contributed by atoms with Gasteiger partial charge in [0.25, 0.3) is 0 Å². The van der Waals surface area contributed by atoms with Crippen LogP contribution in [0, 0.1) is 20.8 Å². The molecule has 3 heteroatoms. The molecule has 0 aliphatic carbocycles. The zero-order valence-corrected chi connectivity index (χ0v) is 12.5. The van der Waals surface area contributed by atoms with Crippen molar-refractivity contribution in [1.82, 2.24) is 5.32 Å². The van der Waals surface area contributed by atoms with E-state index in [4.69, 9.17) is 0 Å². The van der Waals surface area contributed by atoms with Crippen molar-refractivity contribution in [3.05, 3.63) is 34.4 Å². The highest BCUT2D eigenvalue weighted by molar-refractivity contribution is 5.69. The highest BCUT2D eigenvalue weighted by Gasteiger charge is 2.03. The number of nitrogens with one attached hydrogen (secondary N) is 1. The average molecular weight is 263 g/mol. The summed E-state index contributed by atoms with van der Waals surface area (Å²) < 4.78 is 4.60. The molecule has 0 spiro atoms. The van der Waals surface area contributed by atoms with Crippen molar-refractivity contribution in [2.24, 2.45) is 0 Å². The topological polar surface area (TPSA) is 38.3 Å². The summed E-state index contributed by atoms with van der Waals surface area (Å²) in [6, 6.07) is 4.41. The Kier molecular flexibility index (Phi) is 6.57. The minimum atomic E-state index is -0.133. The number of carbonyl (C=O) groups is 1. The Labute approximate surface area is 116 Å². The van der Waals surface area contributed by atoms with Crippen LogP contribution in [0.3, 0.4) is 0 Å². The monoisotopic (exact) mass is 263 g/mol. The summed E-state index contributed by atoms with van der Waals surface area (Å²) in [6.07, 6.45) is 2.36. The predicted octanol–water partition coefficient (Wildman–Crippen LogP) is 2.70. The van der Waals surface area contributed by atoms with E-state index in [9.17, 15) is 4.79 Å². The van der Waals surface area contributed by atoms with Gasteiger partial charge in [0.05, 0.1) is 7.11 Å². The van der Waals surface area contributed by atoms with Crippen LogP contribution in [0.1, 0.15) is 35.1 Å². The largest absolute Gasteiger partial charge is 0.469 e. The van der Waals surface area contributed by atoms with E-state index < -0.39 is 0 Å². The summed E-state index contributed by atoms with van der Waals surface area (Å²) in [4.78, 5) is 10.9. The molecule has 0 heterocycles. The van der Waals surface area contributed by atoms with Gasteiger partial charge < -0.3 is 10.1 Å². The van der Waals surface area contributed by atoms with E-state index in [1.165, 1.54) is 29.4 Å². The quantitative estimate of drug-likeness (QED) is 0.607. The Morgan fingerprint density at radius 1 is 1.16 bits per heavy atom. The first kappa shape index (κ1) is 15.7. The molecule has 0 saturated heterocycles. The van der Waals surface area contributed by atoms with Crippen LogP contribution >= 0.6 is 0 Å². The molecule has 0 aliphatic rings. The van der Waals surface area contributed by atoms with E-state index in [0.717, 1.165) is 25.9 Å². The fourth-order valence-corrected chi connectivity index (χ4v) is 2.09. The van der Waals surface area contributed by atoms with E-state index in [1.807, 2.05) is 0 Å². The van der Waals surface area contributed by atoms with Crippen LogP contribution < -0.4 is 5.32 Å². The standard InChI is InChI=1S/C16H25NO2/c1-12-7-8-15(14(3)13(12)2)9-11-17-10-5-6-16(18)19-4/h7-8,17H,5-6,9-11H2,1-4H3. The third-order valence-electron chi connectivity index (χ3n) is 3.70. The van der Waals surface area contributed by atoms with Gasteiger partial charge in [-0.1, -0.05) is 12.1 Å². The van der Waals surface area contributed by atoms with Crippen LogP contribution in [0.25, 0.3) is 0 Å². The van der Waals surface area contributed by atoms with Gasteiger partial charge in [-0.25, -0.2) is 0 Å². The Morgan fingerprint density at radius 2 is 1.89 bits per heavy atom. The molecule has 0 fully saturated rings. The summed E-state index contributed by atoms with van der Waals surface area (Å²) in [5.41, 5.74) is 5.55. The fraction of sp³-hybridized carbons (Fsp3) is 0.562. The Hall–Kier alpha value is -1.35. The van der Waals surface area contributed by atoms with Crippen LogP contribution in [0.2, 0.25) is 0 Å². The van der Waals surface area contributed by atoms with Crippen LogP contribution in [-0.2, 0) is 16.0 Å². The van der Waals surface area contributed by atoms with Gasteiger partial charge in [0.2, 0.25) is 0 Å². The van der Waals surface area contributed by atoms with E-state index in [1.54, 1.807) is 0 Å². The lowest BCUT2D eigenvalue weighted by atomic mass is 9.97. The SMILES string of the molecule is COC(=O)CCCNCCc1ccc(C)c(C)c1C. The van der Waals surface area contributed by atoms with Crippen LogP contribution in [-0.4, -0.2) is 26.2 Å². The van der Waals surface area contributed by atoms with E-state index >= 15 is 0 Å². The maximum absolute atomic E-state index is 10.9. The van der Waals surface area contributed by atoms with Gasteiger partial charge in [-0.3, -0.25) is 4.79 Å². The van der Waals surface area contributed by atoms with Crippen molar-refractivity contribution in [1.29, 1.82) is 0 Å². The number of rotatable bonds is 7. The second-order valence-electron chi connectivity index (χ2n) is 4.97. The Bertz CT molecular complexity index is 427. The van der Waals surface area contributed by atoms with Crippen molar-refractivity contribution in [2.45, 2.75) is 40.0 Å². The molecule has 0 aromatic heterocycles. The van der Waals surface area contributed by atoms with Crippen LogP contribution in [0.4, 0.5) is 0 Å². The minimum absolute atomic E-state index is 0.133. The van der Waals surface area contributed by atoms with E-state index in [-0.39, 0.29) is 5.97 Å². The van der Waals surface area contributed by atoms with Crippen molar-refractivity contribution in [3.8, 4) is 0 Å². The van der Waals surface area contributed by atoms with E-state index in [2.05, 4.69) is 43.0 Å². The number of methoxy groups -OCH3 is 1. The fourth-order valence-electron chi connectivity index (χ4n) is 2.09. The van der Waals surface area contributed by atoms with Crippen LogP contribution in [0.5, 0.6) is 0 Å². The molecule has 0 radical (unpaired) electrons. The molecule has 106 valence electrons. The second kappa shape index (κ2) is 7.95. The molecule has 0 atom stereocenters. The van der Waals surface area contributed by atoms with Crippen molar-refractivity contribution in [2.75, 3.05) is 20.2 Å². The summed E-state index contributed by atoms with van der Waals surface area (Å²) in [7, 11) is 1.43. The Balaban J connectivity index is 2.27. The average Bonchev–Trinajstić information content (AvgIpc) is 2.41. The number of carbonyl (C=O) groups excluding carboxylic acids is 1. The molecular formula is C16H25NO2. The summed E-state index contributed by atoms with van der Waals surface area (Å²) in [6.45, 7) is 8.33. The highest BCUT2D eigenvalue weighted by Crippen LogP contribution is 2.17. The van der Waals surface area contributed by atoms with Crippen molar-refractivity contribution >= 4 is 5.97 Å². The van der Waals surface area contributed by atoms with Gasteiger partial charge in [0.1, 0.15) is 0 Å². The number of hydrogen-bond donors (Lipinski definition) is 1. The lowest BCUT2D eigenvalue weighted by Crippen LogP contribution is -2.20. The van der Waals surface area contributed by atoms with Gasteiger partial charge in [0.15, 0.2) is 0 Å². The third kappa shape index (κ3) is 5.03. The molecule has 0 saturated carbocycles. The molecular weight excluding hydrogens is 238 g/mol. The third-order valence-corrected chi connectivity index (χ3v) is 3.70. The molecule has 1 N–H and O–H groups in total. The first-order valence-corrected chi connectivity index (χ1v) is 6.89. The number of hydrogen-bond acceptors (Lipinski definition) is 3. The number of esters is 1. The maximum atomic E-state index is 10.9. The minimum Gasteiger partial charge on any atom is -0.469 e. The second-order valence-corrected chi connectivity index (χ2v) is 4.97. The molecule has 1 aromatic rings. The van der Waals surface area contributed by atoms with Gasteiger partial charge in [-0.2, -0.15) is 0 Å². The molecule has 0 aliphatic heterocycles.